The van der Waals surface area contributed by atoms with Crippen LogP contribution in [0.4, 0.5) is 5.82 Å². The Morgan fingerprint density at radius 3 is 2.71 bits per heavy atom. The lowest BCUT2D eigenvalue weighted by atomic mass is 10.2. The van der Waals surface area contributed by atoms with Crippen LogP contribution in [0.1, 0.15) is 11.3 Å². The zero-order valence-electron chi connectivity index (χ0n) is 11.0. The van der Waals surface area contributed by atoms with Crippen molar-refractivity contribution >= 4 is 63.6 Å². The van der Waals surface area contributed by atoms with Gasteiger partial charge in [0.2, 0.25) is 5.91 Å². The Balaban J connectivity index is 2.07. The quantitative estimate of drug-likeness (QED) is 0.550. The highest BCUT2D eigenvalue weighted by molar-refractivity contribution is 14.1. The lowest BCUT2D eigenvalue weighted by molar-refractivity contribution is -0.111. The van der Waals surface area contributed by atoms with Gasteiger partial charge in [-0.1, -0.05) is 29.3 Å². The van der Waals surface area contributed by atoms with E-state index in [4.69, 9.17) is 23.2 Å². The molecule has 0 saturated carbocycles. The molecule has 2 rings (SSSR count). The summed E-state index contributed by atoms with van der Waals surface area (Å²) in [7, 11) is 0. The fraction of sp³-hybridized carbons (Fsp3) is 0.0667. The molecule has 0 bridgehead atoms. The lowest BCUT2D eigenvalue weighted by Crippen LogP contribution is -2.09. The van der Waals surface area contributed by atoms with Crippen LogP contribution in [0.3, 0.4) is 0 Å². The first-order chi connectivity index (χ1) is 9.95. The first kappa shape index (κ1) is 16.3. The van der Waals surface area contributed by atoms with Crippen LogP contribution in [0.15, 0.2) is 36.4 Å². The van der Waals surface area contributed by atoms with Crippen molar-refractivity contribution in [3.05, 3.63) is 61.3 Å². The maximum Gasteiger partial charge on any atom is 0.249 e. The molecule has 1 aromatic heterocycles. The van der Waals surface area contributed by atoms with Gasteiger partial charge in [0.15, 0.2) is 0 Å². The van der Waals surface area contributed by atoms with E-state index >= 15 is 0 Å². The number of benzene rings is 1. The Bertz CT molecular complexity index is 717. The number of aryl methyl sites for hydroxylation is 1. The molecular formula is C15H11Cl2IN2O. The van der Waals surface area contributed by atoms with Gasteiger partial charge in [0.25, 0.3) is 0 Å². The Labute approximate surface area is 146 Å². The zero-order chi connectivity index (χ0) is 15.4. The fourth-order valence-electron chi connectivity index (χ4n) is 1.58. The number of rotatable bonds is 3. The monoisotopic (exact) mass is 432 g/mol. The second-order valence-electron chi connectivity index (χ2n) is 4.25. The van der Waals surface area contributed by atoms with Crippen molar-refractivity contribution in [1.82, 2.24) is 4.98 Å². The van der Waals surface area contributed by atoms with Crippen molar-refractivity contribution in [2.24, 2.45) is 0 Å². The second-order valence-corrected chi connectivity index (χ2v) is 6.26. The molecule has 0 aliphatic rings. The van der Waals surface area contributed by atoms with E-state index in [2.05, 4.69) is 32.9 Å². The van der Waals surface area contributed by atoms with Crippen LogP contribution in [0.5, 0.6) is 0 Å². The minimum atomic E-state index is -0.269. The third-order valence-corrected chi connectivity index (χ3v) is 4.35. The Morgan fingerprint density at radius 2 is 2.05 bits per heavy atom. The molecule has 1 heterocycles. The van der Waals surface area contributed by atoms with Crippen molar-refractivity contribution in [2.45, 2.75) is 6.92 Å². The van der Waals surface area contributed by atoms with Crippen molar-refractivity contribution in [2.75, 3.05) is 5.32 Å². The van der Waals surface area contributed by atoms with Crippen LogP contribution in [0.2, 0.25) is 10.0 Å². The minimum Gasteiger partial charge on any atom is -0.307 e. The number of nitrogens with zero attached hydrogens (tertiary/aromatic N) is 1. The van der Waals surface area contributed by atoms with Crippen LogP contribution in [-0.4, -0.2) is 10.9 Å². The average Bonchev–Trinajstić information content (AvgIpc) is 2.42. The SMILES string of the molecule is Cc1nc(NC(=O)/C=C/c2ccc(Cl)cc2Cl)ccc1I. The van der Waals surface area contributed by atoms with Crippen molar-refractivity contribution < 1.29 is 4.79 Å². The number of hydrogen-bond donors (Lipinski definition) is 1. The van der Waals surface area contributed by atoms with Crippen molar-refractivity contribution in [3.63, 3.8) is 0 Å². The Hall–Kier alpha value is -1.11. The second kappa shape index (κ2) is 7.24. The van der Waals surface area contributed by atoms with E-state index in [9.17, 15) is 4.79 Å². The molecule has 1 N–H and O–H groups in total. The van der Waals surface area contributed by atoms with Crippen molar-refractivity contribution in [1.29, 1.82) is 0 Å². The van der Waals surface area contributed by atoms with E-state index in [1.165, 1.54) is 6.08 Å². The van der Waals surface area contributed by atoms with Gasteiger partial charge in [-0.15, -0.1) is 0 Å². The third kappa shape index (κ3) is 4.69. The zero-order valence-corrected chi connectivity index (χ0v) is 14.7. The number of pyridine rings is 1. The number of carbonyl (C=O) groups is 1. The molecule has 1 amide bonds. The van der Waals surface area contributed by atoms with Gasteiger partial charge in [-0.25, -0.2) is 4.98 Å². The molecule has 0 aliphatic carbocycles. The van der Waals surface area contributed by atoms with Gasteiger partial charge in [0.05, 0.1) is 5.69 Å². The summed E-state index contributed by atoms with van der Waals surface area (Å²) in [5, 5.41) is 3.75. The third-order valence-electron chi connectivity index (χ3n) is 2.65. The lowest BCUT2D eigenvalue weighted by Gasteiger charge is -2.04. The number of anilines is 1. The normalized spacial score (nSPS) is 10.9. The Kier molecular flexibility index (Phi) is 5.61. The average molecular weight is 433 g/mol. The number of halogens is 3. The molecule has 0 spiro atoms. The van der Waals surface area contributed by atoms with E-state index in [-0.39, 0.29) is 5.91 Å². The van der Waals surface area contributed by atoms with Crippen LogP contribution in [0.25, 0.3) is 6.08 Å². The van der Waals surface area contributed by atoms with E-state index in [0.29, 0.717) is 15.9 Å². The van der Waals surface area contributed by atoms with Gasteiger partial charge >= 0.3 is 0 Å². The van der Waals surface area contributed by atoms with E-state index in [1.807, 2.05) is 13.0 Å². The molecule has 6 heteroatoms. The Morgan fingerprint density at radius 1 is 1.29 bits per heavy atom. The molecular weight excluding hydrogens is 422 g/mol. The van der Waals surface area contributed by atoms with Crippen LogP contribution in [0, 0.1) is 10.5 Å². The summed E-state index contributed by atoms with van der Waals surface area (Å²) < 4.78 is 1.05. The molecule has 108 valence electrons. The van der Waals surface area contributed by atoms with Crippen LogP contribution >= 0.6 is 45.8 Å². The smallest absolute Gasteiger partial charge is 0.249 e. The fourth-order valence-corrected chi connectivity index (χ4v) is 2.36. The molecule has 0 saturated heterocycles. The molecule has 2 aromatic rings. The first-order valence-electron chi connectivity index (χ1n) is 6.03. The van der Waals surface area contributed by atoms with E-state index in [0.717, 1.165) is 14.8 Å². The summed E-state index contributed by atoms with van der Waals surface area (Å²) in [6.45, 7) is 1.89. The van der Waals surface area contributed by atoms with E-state index in [1.54, 1.807) is 30.3 Å². The van der Waals surface area contributed by atoms with Gasteiger partial charge in [-0.05, 0) is 65.4 Å². The highest BCUT2D eigenvalue weighted by Crippen LogP contribution is 2.22. The number of nitrogens with one attached hydrogen (secondary N) is 1. The highest BCUT2D eigenvalue weighted by Gasteiger charge is 2.03. The number of amides is 1. The largest absolute Gasteiger partial charge is 0.307 e. The van der Waals surface area contributed by atoms with E-state index < -0.39 is 0 Å². The number of hydrogen-bond acceptors (Lipinski definition) is 2. The van der Waals surface area contributed by atoms with Gasteiger partial charge < -0.3 is 5.32 Å². The van der Waals surface area contributed by atoms with Crippen LogP contribution < -0.4 is 5.32 Å². The highest BCUT2D eigenvalue weighted by atomic mass is 127. The molecule has 0 fully saturated rings. The first-order valence-corrected chi connectivity index (χ1v) is 7.86. The molecule has 0 radical (unpaired) electrons. The summed E-state index contributed by atoms with van der Waals surface area (Å²) in [5.74, 6) is 0.249. The summed E-state index contributed by atoms with van der Waals surface area (Å²) in [5.41, 5.74) is 1.60. The maximum atomic E-state index is 11.9. The molecule has 0 atom stereocenters. The molecule has 0 aliphatic heterocycles. The molecule has 1 aromatic carbocycles. The van der Waals surface area contributed by atoms with Gasteiger partial charge in [0, 0.05) is 19.7 Å². The van der Waals surface area contributed by atoms with Gasteiger partial charge in [-0.3, -0.25) is 4.79 Å². The molecule has 0 unspecified atom stereocenters. The predicted molar refractivity (Wildman–Crippen MR) is 95.8 cm³/mol. The summed E-state index contributed by atoms with van der Waals surface area (Å²) in [4.78, 5) is 16.1. The van der Waals surface area contributed by atoms with Crippen LogP contribution in [-0.2, 0) is 4.79 Å². The molecule has 21 heavy (non-hydrogen) atoms. The predicted octanol–water partition coefficient (Wildman–Crippen LogP) is 4.95. The van der Waals surface area contributed by atoms with Crippen molar-refractivity contribution in [3.8, 4) is 0 Å². The van der Waals surface area contributed by atoms with Gasteiger partial charge in [0.1, 0.15) is 5.82 Å². The molecule has 3 nitrogen and oxygen atoms in total. The number of aromatic nitrogens is 1. The van der Waals surface area contributed by atoms with Gasteiger partial charge in [-0.2, -0.15) is 0 Å². The minimum absolute atomic E-state index is 0.269. The summed E-state index contributed by atoms with van der Waals surface area (Å²) >= 11 is 14.0. The summed E-state index contributed by atoms with van der Waals surface area (Å²) in [6, 6.07) is 8.76. The number of carbonyl (C=O) groups excluding carboxylic acids is 1. The standard InChI is InChI=1S/C15H11Cl2IN2O/c1-9-13(18)5-6-14(19-9)20-15(21)7-3-10-2-4-11(16)8-12(10)17/h2-8H,1H3,(H,19,20,21)/b7-3+. The maximum absolute atomic E-state index is 11.9. The topological polar surface area (TPSA) is 42.0 Å². The summed E-state index contributed by atoms with van der Waals surface area (Å²) in [6.07, 6.45) is 3.04.